The lowest BCUT2D eigenvalue weighted by atomic mass is 10.0. The zero-order chi connectivity index (χ0) is 13.2. The maximum atomic E-state index is 5.91. The van der Waals surface area contributed by atoms with Crippen LogP contribution in [0.15, 0.2) is 30.5 Å². The van der Waals surface area contributed by atoms with E-state index >= 15 is 0 Å². The van der Waals surface area contributed by atoms with Gasteiger partial charge in [0.2, 0.25) is 0 Å². The van der Waals surface area contributed by atoms with Gasteiger partial charge in [-0.1, -0.05) is 12.1 Å². The number of benzene rings is 1. The second-order valence-corrected chi connectivity index (χ2v) is 5.76. The molecule has 3 rings (SSSR count). The van der Waals surface area contributed by atoms with Gasteiger partial charge in [-0.05, 0) is 49.8 Å². The second kappa shape index (κ2) is 5.35. The van der Waals surface area contributed by atoms with Crippen molar-refractivity contribution in [1.82, 2.24) is 4.57 Å². The van der Waals surface area contributed by atoms with E-state index in [1.165, 1.54) is 29.3 Å². The highest BCUT2D eigenvalue weighted by atomic mass is 16.5. The lowest BCUT2D eigenvalue weighted by molar-refractivity contribution is 0.0718. The summed E-state index contributed by atoms with van der Waals surface area (Å²) in [4.78, 5) is 0. The molecule has 0 amide bonds. The Hall–Kier alpha value is -1.32. The van der Waals surface area contributed by atoms with Crippen molar-refractivity contribution in [2.45, 2.75) is 39.0 Å². The highest BCUT2D eigenvalue weighted by Crippen LogP contribution is 2.29. The molecular formula is C16H22N2O. The van der Waals surface area contributed by atoms with E-state index in [0.717, 1.165) is 18.9 Å². The first-order valence-electron chi connectivity index (χ1n) is 7.14. The van der Waals surface area contributed by atoms with Crippen molar-refractivity contribution in [3.05, 3.63) is 36.0 Å². The summed E-state index contributed by atoms with van der Waals surface area (Å²) in [5, 5.41) is 1.30. The fourth-order valence-electron chi connectivity index (χ4n) is 2.53. The topological polar surface area (TPSA) is 40.2 Å². The zero-order valence-corrected chi connectivity index (χ0v) is 11.5. The normalized spacial score (nSPS) is 16.9. The number of aromatic nitrogens is 1. The van der Waals surface area contributed by atoms with Crippen LogP contribution >= 0.6 is 0 Å². The van der Waals surface area contributed by atoms with E-state index in [1.54, 1.807) is 0 Å². The lowest BCUT2D eigenvalue weighted by Crippen LogP contribution is -2.17. The van der Waals surface area contributed by atoms with Gasteiger partial charge >= 0.3 is 0 Å². The molecule has 1 heterocycles. The molecule has 2 aromatic rings. The average Bonchev–Trinajstić information content (AvgIpc) is 3.10. The molecule has 0 bridgehead atoms. The van der Waals surface area contributed by atoms with Gasteiger partial charge in [-0.2, -0.15) is 0 Å². The van der Waals surface area contributed by atoms with Crippen LogP contribution in [-0.4, -0.2) is 17.2 Å². The SMILES string of the molecule is CC(N)Cc1cccc2c1ccn2COCC1CC1. The molecular weight excluding hydrogens is 236 g/mol. The molecule has 19 heavy (non-hydrogen) atoms. The van der Waals surface area contributed by atoms with E-state index in [2.05, 4.69) is 42.0 Å². The van der Waals surface area contributed by atoms with E-state index in [9.17, 15) is 0 Å². The van der Waals surface area contributed by atoms with Gasteiger partial charge in [-0.25, -0.2) is 0 Å². The molecule has 0 spiro atoms. The summed E-state index contributed by atoms with van der Waals surface area (Å²) in [5.41, 5.74) is 8.48. The van der Waals surface area contributed by atoms with E-state index < -0.39 is 0 Å². The molecule has 3 heteroatoms. The van der Waals surface area contributed by atoms with Crippen molar-refractivity contribution in [1.29, 1.82) is 0 Å². The van der Waals surface area contributed by atoms with Crippen LogP contribution < -0.4 is 5.73 Å². The van der Waals surface area contributed by atoms with Gasteiger partial charge in [0.25, 0.3) is 0 Å². The molecule has 0 radical (unpaired) electrons. The van der Waals surface area contributed by atoms with Gasteiger partial charge in [0.15, 0.2) is 0 Å². The molecule has 0 aliphatic heterocycles. The third kappa shape index (κ3) is 2.99. The Kier molecular flexibility index (Phi) is 3.58. The second-order valence-electron chi connectivity index (χ2n) is 5.76. The van der Waals surface area contributed by atoms with Gasteiger partial charge in [-0.15, -0.1) is 0 Å². The summed E-state index contributed by atoms with van der Waals surface area (Å²) in [6.07, 6.45) is 5.71. The predicted octanol–water partition coefficient (Wildman–Crippen LogP) is 2.92. The van der Waals surface area contributed by atoms with E-state index in [0.29, 0.717) is 6.73 Å². The predicted molar refractivity (Wildman–Crippen MR) is 78.0 cm³/mol. The van der Waals surface area contributed by atoms with Gasteiger partial charge in [0, 0.05) is 17.6 Å². The molecule has 1 aliphatic carbocycles. The summed E-state index contributed by atoms with van der Waals surface area (Å²) >= 11 is 0. The van der Waals surface area contributed by atoms with Crippen LogP contribution in [0.3, 0.4) is 0 Å². The van der Waals surface area contributed by atoms with Crippen LogP contribution in [-0.2, 0) is 17.9 Å². The van der Waals surface area contributed by atoms with Crippen LogP contribution in [0, 0.1) is 5.92 Å². The number of nitrogens with two attached hydrogens (primary N) is 1. The molecule has 1 fully saturated rings. The molecule has 2 N–H and O–H groups in total. The summed E-state index contributed by atoms with van der Waals surface area (Å²) in [5.74, 6) is 0.815. The molecule has 1 aromatic heterocycles. The third-order valence-electron chi connectivity index (χ3n) is 3.73. The van der Waals surface area contributed by atoms with Crippen molar-refractivity contribution in [2.24, 2.45) is 11.7 Å². The third-order valence-corrected chi connectivity index (χ3v) is 3.73. The molecule has 1 aromatic carbocycles. The van der Waals surface area contributed by atoms with Crippen LogP contribution in [0.25, 0.3) is 10.9 Å². The van der Waals surface area contributed by atoms with Crippen molar-refractivity contribution >= 4 is 10.9 Å². The summed E-state index contributed by atoms with van der Waals surface area (Å²) in [6, 6.07) is 8.80. The van der Waals surface area contributed by atoms with Crippen molar-refractivity contribution in [3.63, 3.8) is 0 Å². The molecule has 102 valence electrons. The van der Waals surface area contributed by atoms with Gasteiger partial charge in [0.1, 0.15) is 6.73 Å². The van der Waals surface area contributed by atoms with E-state index in [1.807, 2.05) is 0 Å². The zero-order valence-electron chi connectivity index (χ0n) is 11.5. The van der Waals surface area contributed by atoms with Crippen LogP contribution in [0.4, 0.5) is 0 Å². The number of ether oxygens (including phenoxy) is 1. The fraction of sp³-hybridized carbons (Fsp3) is 0.500. The first-order valence-corrected chi connectivity index (χ1v) is 7.14. The van der Waals surface area contributed by atoms with Crippen molar-refractivity contribution in [3.8, 4) is 0 Å². The van der Waals surface area contributed by atoms with Gasteiger partial charge in [0.05, 0.1) is 12.1 Å². The summed E-state index contributed by atoms with van der Waals surface area (Å²) in [6.45, 7) is 3.61. The highest BCUT2D eigenvalue weighted by molar-refractivity contribution is 5.83. The van der Waals surface area contributed by atoms with E-state index in [4.69, 9.17) is 10.5 Å². The standard InChI is InChI=1S/C16H22N2O/c1-12(17)9-14-3-2-4-16-15(14)7-8-18(16)11-19-10-13-5-6-13/h2-4,7-8,12-13H,5-6,9-11,17H2,1H3. The maximum absolute atomic E-state index is 5.91. The Morgan fingerprint density at radius 1 is 1.37 bits per heavy atom. The summed E-state index contributed by atoms with van der Waals surface area (Å²) < 4.78 is 7.95. The molecule has 0 saturated heterocycles. The monoisotopic (exact) mass is 258 g/mol. The summed E-state index contributed by atoms with van der Waals surface area (Å²) in [7, 11) is 0. The molecule has 1 aliphatic rings. The maximum Gasteiger partial charge on any atom is 0.122 e. The first kappa shape index (κ1) is 12.7. The molecule has 1 unspecified atom stereocenters. The van der Waals surface area contributed by atoms with Crippen LogP contribution in [0.2, 0.25) is 0 Å². The smallest absolute Gasteiger partial charge is 0.122 e. The fourth-order valence-corrected chi connectivity index (χ4v) is 2.53. The molecule has 1 atom stereocenters. The Morgan fingerprint density at radius 3 is 2.95 bits per heavy atom. The Balaban J connectivity index is 1.77. The number of rotatable bonds is 6. The minimum absolute atomic E-state index is 0.195. The van der Waals surface area contributed by atoms with E-state index in [-0.39, 0.29) is 6.04 Å². The van der Waals surface area contributed by atoms with Gasteiger partial charge in [-0.3, -0.25) is 0 Å². The van der Waals surface area contributed by atoms with Crippen LogP contribution in [0.1, 0.15) is 25.3 Å². The highest BCUT2D eigenvalue weighted by Gasteiger charge is 2.21. The average molecular weight is 258 g/mol. The number of hydrogen-bond acceptors (Lipinski definition) is 2. The largest absolute Gasteiger partial charge is 0.360 e. The molecule has 1 saturated carbocycles. The van der Waals surface area contributed by atoms with Crippen LogP contribution in [0.5, 0.6) is 0 Å². The van der Waals surface area contributed by atoms with Gasteiger partial charge < -0.3 is 15.0 Å². The number of hydrogen-bond donors (Lipinski definition) is 1. The first-order chi connectivity index (χ1) is 9.24. The quantitative estimate of drug-likeness (QED) is 0.865. The minimum atomic E-state index is 0.195. The minimum Gasteiger partial charge on any atom is -0.360 e. The molecule has 3 nitrogen and oxygen atoms in total. The Morgan fingerprint density at radius 2 is 2.21 bits per heavy atom. The lowest BCUT2D eigenvalue weighted by Gasteiger charge is -2.09. The number of fused-ring (bicyclic) bond motifs is 1. The number of nitrogens with zero attached hydrogens (tertiary/aromatic N) is 1. The Bertz CT molecular complexity index is 555. The van der Waals surface area contributed by atoms with Crippen molar-refractivity contribution in [2.75, 3.05) is 6.61 Å². The Labute approximate surface area is 114 Å². The van der Waals surface area contributed by atoms with Crippen molar-refractivity contribution < 1.29 is 4.74 Å².